The molecule has 1 N–H and O–H groups in total. The van der Waals surface area contributed by atoms with Gasteiger partial charge < -0.3 is 4.90 Å². The number of benzene rings is 3. The number of nitrogens with one attached hydrogen (secondary N) is 1. The van der Waals surface area contributed by atoms with E-state index in [2.05, 4.69) is 14.7 Å². The van der Waals surface area contributed by atoms with E-state index >= 15 is 0 Å². The molecule has 2 aliphatic heterocycles. The molecule has 0 atom stereocenters. The van der Waals surface area contributed by atoms with E-state index in [1.165, 1.54) is 12.1 Å². The van der Waals surface area contributed by atoms with Crippen LogP contribution in [0.2, 0.25) is 5.02 Å². The molecule has 2 aliphatic rings. The van der Waals surface area contributed by atoms with E-state index in [4.69, 9.17) is 11.6 Å². The van der Waals surface area contributed by atoms with Crippen LogP contribution in [0.3, 0.4) is 0 Å². The average Bonchev–Trinajstić information content (AvgIpc) is 3.05. The SMILES string of the molecule is O=C(N=C1N=C2C=CC=CN2Cc2ccccc21)c1ccccc1NS(=O)(=O)c1ccc(Cl)c([N+](=O)[O-])c1. The number of amidine groups is 2. The van der Waals surface area contributed by atoms with Crippen LogP contribution in [0.15, 0.2) is 106 Å². The van der Waals surface area contributed by atoms with Gasteiger partial charge in [-0.2, -0.15) is 4.99 Å². The maximum atomic E-state index is 13.4. The Balaban J connectivity index is 1.52. The van der Waals surface area contributed by atoms with Crippen molar-refractivity contribution in [2.75, 3.05) is 4.72 Å². The molecule has 38 heavy (non-hydrogen) atoms. The zero-order valence-corrected chi connectivity index (χ0v) is 21.1. The van der Waals surface area contributed by atoms with E-state index in [0.717, 1.165) is 23.8 Å². The number of carbonyl (C=O) groups is 1. The van der Waals surface area contributed by atoms with Crippen molar-refractivity contribution >= 4 is 50.6 Å². The van der Waals surface area contributed by atoms with Gasteiger partial charge in [-0.25, -0.2) is 13.4 Å². The van der Waals surface area contributed by atoms with Crippen LogP contribution in [-0.4, -0.2) is 35.8 Å². The molecule has 0 radical (unpaired) electrons. The van der Waals surface area contributed by atoms with Gasteiger partial charge in [-0.15, -0.1) is 0 Å². The molecule has 0 fully saturated rings. The summed E-state index contributed by atoms with van der Waals surface area (Å²) in [6.07, 6.45) is 7.40. The minimum atomic E-state index is -4.31. The molecule has 0 saturated heterocycles. The topological polar surface area (TPSA) is 134 Å². The van der Waals surface area contributed by atoms with Crippen molar-refractivity contribution in [2.45, 2.75) is 11.4 Å². The minimum Gasteiger partial charge on any atom is -0.329 e. The number of hydrogen-bond acceptors (Lipinski definition) is 6. The molecule has 0 spiro atoms. The number of allylic oxidation sites excluding steroid dienone is 2. The van der Waals surface area contributed by atoms with E-state index in [1.807, 2.05) is 47.5 Å². The van der Waals surface area contributed by atoms with Crippen molar-refractivity contribution in [3.05, 3.63) is 123 Å². The van der Waals surface area contributed by atoms with Crippen LogP contribution in [0.5, 0.6) is 0 Å². The zero-order valence-electron chi connectivity index (χ0n) is 19.5. The van der Waals surface area contributed by atoms with Crippen LogP contribution >= 0.6 is 11.6 Å². The first-order chi connectivity index (χ1) is 18.2. The number of anilines is 1. The summed E-state index contributed by atoms with van der Waals surface area (Å²) in [6.45, 7) is 0.534. The third kappa shape index (κ3) is 4.97. The molecule has 2 heterocycles. The third-order valence-corrected chi connectivity index (χ3v) is 7.45. The Kier molecular flexibility index (Phi) is 6.62. The quantitative estimate of drug-likeness (QED) is 0.355. The molecule has 0 bridgehead atoms. The number of aliphatic imine (C=N–C) groups is 2. The summed E-state index contributed by atoms with van der Waals surface area (Å²) >= 11 is 5.81. The number of halogens is 1. The smallest absolute Gasteiger partial charge is 0.289 e. The second-order valence-electron chi connectivity index (χ2n) is 8.22. The molecule has 0 unspecified atom stereocenters. The monoisotopic (exact) mass is 547 g/mol. The highest BCUT2D eigenvalue weighted by molar-refractivity contribution is 7.92. The zero-order chi connectivity index (χ0) is 26.9. The van der Waals surface area contributed by atoms with Crippen molar-refractivity contribution in [3.63, 3.8) is 0 Å². The molecule has 0 aliphatic carbocycles. The minimum absolute atomic E-state index is 0.0232. The fraction of sp³-hybridized carbons (Fsp3) is 0.0385. The molecule has 5 rings (SSSR count). The molecule has 190 valence electrons. The van der Waals surface area contributed by atoms with Gasteiger partial charge >= 0.3 is 0 Å². The van der Waals surface area contributed by atoms with Crippen molar-refractivity contribution in [1.29, 1.82) is 0 Å². The van der Waals surface area contributed by atoms with Crippen molar-refractivity contribution < 1.29 is 18.1 Å². The van der Waals surface area contributed by atoms with Gasteiger partial charge in [-0.3, -0.25) is 19.6 Å². The number of sulfonamides is 1. The summed E-state index contributed by atoms with van der Waals surface area (Å²) in [5.74, 6) is 0.0749. The Morgan fingerprint density at radius 1 is 1.08 bits per heavy atom. The van der Waals surface area contributed by atoms with Crippen LogP contribution in [0.1, 0.15) is 21.5 Å². The van der Waals surface area contributed by atoms with Gasteiger partial charge in [0.05, 0.1) is 21.1 Å². The molecule has 1 amide bonds. The summed E-state index contributed by atoms with van der Waals surface area (Å²) in [7, 11) is -4.31. The second-order valence-corrected chi connectivity index (χ2v) is 10.3. The van der Waals surface area contributed by atoms with Crippen LogP contribution in [-0.2, 0) is 16.6 Å². The maximum Gasteiger partial charge on any atom is 0.289 e. The van der Waals surface area contributed by atoms with Crippen LogP contribution in [0.4, 0.5) is 11.4 Å². The summed E-state index contributed by atoms with van der Waals surface area (Å²) in [6, 6.07) is 16.5. The first-order valence-corrected chi connectivity index (χ1v) is 13.1. The van der Waals surface area contributed by atoms with Gasteiger partial charge in [0, 0.05) is 24.4 Å². The van der Waals surface area contributed by atoms with Gasteiger partial charge in [0.15, 0.2) is 5.84 Å². The lowest BCUT2D eigenvalue weighted by Gasteiger charge is -2.20. The molecular weight excluding hydrogens is 530 g/mol. The van der Waals surface area contributed by atoms with E-state index in [9.17, 15) is 23.3 Å². The lowest BCUT2D eigenvalue weighted by molar-refractivity contribution is -0.384. The van der Waals surface area contributed by atoms with Gasteiger partial charge in [-0.05, 0) is 42.0 Å². The fourth-order valence-electron chi connectivity index (χ4n) is 3.93. The standard InChI is InChI=1S/C26H18ClN5O5S/c27-21-13-12-18(15-23(21)32(34)35)38(36,37)30-22-10-4-3-9-20(22)26(33)29-25-19-8-2-1-7-17(19)16-31-14-6-5-11-24(31)28-25/h1-15,30H,16H2. The number of rotatable bonds is 5. The maximum absolute atomic E-state index is 13.4. The number of nitro groups is 1. The molecular formula is C26H18ClN5O5S. The molecule has 12 heteroatoms. The number of amides is 1. The van der Waals surface area contributed by atoms with Gasteiger partial charge in [0.2, 0.25) is 0 Å². The summed E-state index contributed by atoms with van der Waals surface area (Å²) in [5.41, 5.74) is 0.963. The van der Waals surface area contributed by atoms with Crippen LogP contribution < -0.4 is 4.72 Å². The van der Waals surface area contributed by atoms with E-state index in [0.29, 0.717) is 17.9 Å². The number of nitro benzene ring substituents is 1. The lowest BCUT2D eigenvalue weighted by atomic mass is 10.1. The number of hydrogen-bond donors (Lipinski definition) is 1. The Morgan fingerprint density at radius 2 is 1.84 bits per heavy atom. The largest absolute Gasteiger partial charge is 0.329 e. The van der Waals surface area contributed by atoms with E-state index in [1.54, 1.807) is 18.2 Å². The highest BCUT2D eigenvalue weighted by Gasteiger charge is 2.24. The van der Waals surface area contributed by atoms with Crippen molar-refractivity contribution in [3.8, 4) is 0 Å². The van der Waals surface area contributed by atoms with Crippen LogP contribution in [0, 0.1) is 10.1 Å². The second kappa shape index (κ2) is 10.0. The molecule has 3 aromatic carbocycles. The van der Waals surface area contributed by atoms with Crippen molar-refractivity contribution in [2.24, 2.45) is 9.98 Å². The molecule has 10 nitrogen and oxygen atoms in total. The third-order valence-electron chi connectivity index (χ3n) is 5.77. The first-order valence-electron chi connectivity index (χ1n) is 11.2. The molecule has 0 saturated carbocycles. The number of fused-ring (bicyclic) bond motifs is 2. The lowest BCUT2D eigenvalue weighted by Crippen LogP contribution is -2.24. The molecule has 3 aromatic rings. The van der Waals surface area contributed by atoms with Crippen LogP contribution in [0.25, 0.3) is 0 Å². The number of para-hydroxylation sites is 1. The van der Waals surface area contributed by atoms with E-state index in [-0.39, 0.29) is 27.0 Å². The molecule has 0 aromatic heterocycles. The van der Waals surface area contributed by atoms with Crippen molar-refractivity contribution in [1.82, 2.24) is 4.90 Å². The average molecular weight is 548 g/mol. The highest BCUT2D eigenvalue weighted by atomic mass is 35.5. The first kappa shape index (κ1) is 25.1. The summed E-state index contributed by atoms with van der Waals surface area (Å²) in [5, 5.41) is 11.0. The van der Waals surface area contributed by atoms with Gasteiger partial charge in [-0.1, -0.05) is 54.1 Å². The Hall–Kier alpha value is -4.61. The fourth-order valence-corrected chi connectivity index (χ4v) is 5.22. The predicted molar refractivity (Wildman–Crippen MR) is 144 cm³/mol. The number of nitrogens with zero attached hydrogens (tertiary/aromatic N) is 4. The van der Waals surface area contributed by atoms with Gasteiger partial charge in [0.25, 0.3) is 21.6 Å². The summed E-state index contributed by atoms with van der Waals surface area (Å²) < 4.78 is 28.4. The normalized spacial score (nSPS) is 15.3. The predicted octanol–water partition coefficient (Wildman–Crippen LogP) is 4.93. The Bertz CT molecular complexity index is 1710. The summed E-state index contributed by atoms with van der Waals surface area (Å²) in [4.78, 5) is 34.2. The highest BCUT2D eigenvalue weighted by Crippen LogP contribution is 2.29. The number of carbonyl (C=O) groups excluding carboxylic acids is 1. The van der Waals surface area contributed by atoms with E-state index < -0.39 is 26.5 Å². The Labute approximate surface area is 222 Å². The Morgan fingerprint density at radius 3 is 2.66 bits per heavy atom. The van der Waals surface area contributed by atoms with Gasteiger partial charge in [0.1, 0.15) is 10.9 Å².